The third-order valence-corrected chi connectivity index (χ3v) is 6.47. The van der Waals surface area contributed by atoms with Crippen molar-refractivity contribution >= 4 is 12.1 Å². The number of nitrogens with one attached hydrogen (secondary N) is 1. The second-order valence-corrected chi connectivity index (χ2v) is 7.75. The number of urea groups is 1. The average molecular weight is 336 g/mol. The van der Waals surface area contributed by atoms with Crippen LogP contribution in [0.25, 0.3) is 0 Å². The van der Waals surface area contributed by atoms with Crippen molar-refractivity contribution in [3.8, 4) is 0 Å². The zero-order valence-electron chi connectivity index (χ0n) is 14.2. The fourth-order valence-electron chi connectivity index (χ4n) is 5.18. The minimum Gasteiger partial charge on any atom is -0.465 e. The number of likely N-dealkylation sites (tertiary alicyclic amines) is 2. The molecule has 3 atom stereocenters. The van der Waals surface area contributed by atoms with Crippen LogP contribution in [-0.2, 0) is 0 Å². The van der Waals surface area contributed by atoms with Gasteiger partial charge in [0.2, 0.25) is 0 Å². The van der Waals surface area contributed by atoms with Crippen molar-refractivity contribution in [2.45, 2.75) is 69.1 Å². The Morgan fingerprint density at radius 3 is 2.42 bits per heavy atom. The van der Waals surface area contributed by atoms with Gasteiger partial charge in [-0.2, -0.15) is 0 Å². The van der Waals surface area contributed by atoms with Crippen LogP contribution in [-0.4, -0.2) is 82.3 Å². The molecule has 3 aliphatic heterocycles. The molecule has 0 aromatic carbocycles. The largest absolute Gasteiger partial charge is 0.465 e. The molecule has 2 N–H and O–H groups in total. The molecule has 0 bridgehead atoms. The van der Waals surface area contributed by atoms with Crippen LogP contribution in [0, 0.1) is 0 Å². The van der Waals surface area contributed by atoms with Gasteiger partial charge in [0.15, 0.2) is 0 Å². The van der Waals surface area contributed by atoms with Crippen molar-refractivity contribution in [2.75, 3.05) is 26.2 Å². The first-order valence-electron chi connectivity index (χ1n) is 9.44. The van der Waals surface area contributed by atoms with E-state index in [9.17, 15) is 9.59 Å². The number of fused-ring (bicyclic) bond motifs is 1. The molecule has 0 spiro atoms. The summed E-state index contributed by atoms with van der Waals surface area (Å²) in [4.78, 5) is 29.6. The van der Waals surface area contributed by atoms with Crippen LogP contribution in [0.15, 0.2) is 0 Å². The number of hydrogen-bond donors (Lipinski definition) is 2. The lowest BCUT2D eigenvalue weighted by Crippen LogP contribution is -2.52. The average Bonchev–Trinajstić information content (AvgIpc) is 3.19. The molecule has 1 unspecified atom stereocenters. The second kappa shape index (κ2) is 6.43. The van der Waals surface area contributed by atoms with Crippen molar-refractivity contribution < 1.29 is 14.7 Å². The molecule has 134 valence electrons. The highest BCUT2D eigenvalue weighted by molar-refractivity contribution is 5.78. The van der Waals surface area contributed by atoms with E-state index >= 15 is 0 Å². The number of carboxylic acid groups (broad SMARTS) is 1. The number of nitrogens with zero attached hydrogens (tertiary/aromatic N) is 3. The predicted octanol–water partition coefficient (Wildman–Crippen LogP) is 1.54. The molecule has 24 heavy (non-hydrogen) atoms. The van der Waals surface area contributed by atoms with Gasteiger partial charge < -0.3 is 20.2 Å². The quantitative estimate of drug-likeness (QED) is 0.802. The highest BCUT2D eigenvalue weighted by Gasteiger charge is 2.44. The Morgan fingerprint density at radius 2 is 1.71 bits per heavy atom. The Hall–Kier alpha value is -1.50. The Morgan fingerprint density at radius 1 is 1.00 bits per heavy atom. The van der Waals surface area contributed by atoms with Gasteiger partial charge in [-0.25, -0.2) is 9.59 Å². The van der Waals surface area contributed by atoms with E-state index < -0.39 is 6.09 Å². The Bertz CT molecular complexity index is 506. The molecule has 1 aliphatic carbocycles. The van der Waals surface area contributed by atoms with Crippen LogP contribution < -0.4 is 5.32 Å². The molecule has 7 nitrogen and oxygen atoms in total. The highest BCUT2D eigenvalue weighted by atomic mass is 16.4. The monoisotopic (exact) mass is 336 g/mol. The number of rotatable bonds is 2. The zero-order valence-corrected chi connectivity index (χ0v) is 14.2. The van der Waals surface area contributed by atoms with Gasteiger partial charge in [0.05, 0.1) is 12.1 Å². The van der Waals surface area contributed by atoms with Crippen molar-refractivity contribution in [1.82, 2.24) is 20.0 Å². The molecular weight excluding hydrogens is 308 g/mol. The van der Waals surface area contributed by atoms with Crippen LogP contribution in [0.1, 0.15) is 44.9 Å². The summed E-state index contributed by atoms with van der Waals surface area (Å²) in [6.07, 6.45) is 6.89. The third kappa shape index (κ3) is 2.83. The lowest BCUT2D eigenvalue weighted by molar-refractivity contribution is 0.0822. The van der Waals surface area contributed by atoms with Gasteiger partial charge in [-0.05, 0) is 32.1 Å². The maximum absolute atomic E-state index is 12.4. The van der Waals surface area contributed by atoms with Crippen molar-refractivity contribution in [3.05, 3.63) is 0 Å². The summed E-state index contributed by atoms with van der Waals surface area (Å²) in [5.41, 5.74) is 0. The number of piperidine rings is 1. The summed E-state index contributed by atoms with van der Waals surface area (Å²) in [5.74, 6) is 0. The molecule has 1 saturated carbocycles. The van der Waals surface area contributed by atoms with Crippen molar-refractivity contribution in [1.29, 1.82) is 0 Å². The molecule has 4 aliphatic rings. The molecule has 0 radical (unpaired) electrons. The molecule has 7 heteroatoms. The summed E-state index contributed by atoms with van der Waals surface area (Å²) < 4.78 is 0. The minimum atomic E-state index is -0.801. The fourth-order valence-corrected chi connectivity index (χ4v) is 5.18. The zero-order chi connectivity index (χ0) is 16.7. The number of carbonyl (C=O) groups excluding carboxylic acids is 1. The van der Waals surface area contributed by atoms with E-state index in [1.807, 2.05) is 0 Å². The van der Waals surface area contributed by atoms with E-state index in [4.69, 9.17) is 5.11 Å². The molecule has 3 amide bonds. The van der Waals surface area contributed by atoms with E-state index in [0.717, 1.165) is 45.2 Å². The van der Waals surface area contributed by atoms with E-state index in [0.29, 0.717) is 37.3 Å². The predicted molar refractivity (Wildman–Crippen MR) is 89.0 cm³/mol. The van der Waals surface area contributed by atoms with Gasteiger partial charge in [0.1, 0.15) is 0 Å². The third-order valence-electron chi connectivity index (χ3n) is 6.47. The minimum absolute atomic E-state index is 0.142. The summed E-state index contributed by atoms with van der Waals surface area (Å²) in [7, 11) is 0. The molecule has 3 saturated heterocycles. The Kier molecular flexibility index (Phi) is 4.28. The summed E-state index contributed by atoms with van der Waals surface area (Å²) in [5, 5.41) is 12.3. The van der Waals surface area contributed by atoms with Gasteiger partial charge in [0, 0.05) is 38.3 Å². The molecule has 4 fully saturated rings. The number of amides is 3. The molecule has 4 rings (SSSR count). The number of hydrogen-bond acceptors (Lipinski definition) is 3. The summed E-state index contributed by atoms with van der Waals surface area (Å²) >= 11 is 0. The number of carbonyl (C=O) groups is 2. The topological polar surface area (TPSA) is 76.1 Å². The second-order valence-electron chi connectivity index (χ2n) is 7.75. The molecular formula is C17H28N4O3. The van der Waals surface area contributed by atoms with Gasteiger partial charge >= 0.3 is 12.1 Å². The van der Waals surface area contributed by atoms with Crippen molar-refractivity contribution in [2.24, 2.45) is 0 Å². The highest BCUT2D eigenvalue weighted by Crippen LogP contribution is 2.33. The normalized spacial score (nSPS) is 35.2. The van der Waals surface area contributed by atoms with E-state index in [1.165, 1.54) is 17.7 Å². The van der Waals surface area contributed by atoms with Gasteiger partial charge in [-0.1, -0.05) is 12.8 Å². The van der Waals surface area contributed by atoms with Crippen LogP contribution in [0.4, 0.5) is 9.59 Å². The molecule has 0 aromatic heterocycles. The first kappa shape index (κ1) is 16.0. The smallest absolute Gasteiger partial charge is 0.407 e. The molecule has 3 heterocycles. The SMILES string of the molecule is O=C(O)N1CCC(N2CCC(N3C(=O)N[C@H]4CCCC[C@@H]43)CC2)C1. The van der Waals surface area contributed by atoms with E-state index in [-0.39, 0.29) is 6.03 Å². The van der Waals surface area contributed by atoms with Gasteiger partial charge in [0.25, 0.3) is 0 Å². The maximum Gasteiger partial charge on any atom is 0.407 e. The fraction of sp³-hybridized carbons (Fsp3) is 0.882. The van der Waals surface area contributed by atoms with E-state index in [1.54, 1.807) is 0 Å². The van der Waals surface area contributed by atoms with Crippen LogP contribution in [0.3, 0.4) is 0 Å². The van der Waals surface area contributed by atoms with E-state index in [2.05, 4.69) is 15.1 Å². The maximum atomic E-state index is 12.4. The van der Waals surface area contributed by atoms with Crippen LogP contribution >= 0.6 is 0 Å². The lowest BCUT2D eigenvalue weighted by Gasteiger charge is -2.41. The summed E-state index contributed by atoms with van der Waals surface area (Å²) in [6, 6.07) is 1.62. The lowest BCUT2D eigenvalue weighted by atomic mass is 9.89. The summed E-state index contributed by atoms with van der Waals surface area (Å²) in [6.45, 7) is 3.24. The first-order valence-corrected chi connectivity index (χ1v) is 9.44. The standard InChI is InChI=1S/C17H28N4O3/c22-16-18-14-3-1-2-4-15(14)21(16)12-5-8-19(9-6-12)13-7-10-20(11-13)17(23)24/h12-15H,1-11H2,(H,18,22)(H,23,24)/t13?,14-,15-/m0/s1. The van der Waals surface area contributed by atoms with Crippen molar-refractivity contribution in [3.63, 3.8) is 0 Å². The Labute approximate surface area is 143 Å². The molecule has 0 aromatic rings. The van der Waals surface area contributed by atoms with Gasteiger partial charge in [-0.15, -0.1) is 0 Å². The first-order chi connectivity index (χ1) is 11.6. The van der Waals surface area contributed by atoms with Crippen LogP contribution in [0.5, 0.6) is 0 Å². The Balaban J connectivity index is 1.33. The van der Waals surface area contributed by atoms with Crippen LogP contribution in [0.2, 0.25) is 0 Å². The van der Waals surface area contributed by atoms with Gasteiger partial charge in [-0.3, -0.25) is 4.90 Å².